The maximum absolute atomic E-state index is 12.2. The molecule has 0 saturated carbocycles. The summed E-state index contributed by atoms with van der Waals surface area (Å²) in [5.74, 6) is 1.07. The first kappa shape index (κ1) is 18.0. The molecular weight excluding hydrogens is 328 g/mol. The number of nitrogens with one attached hydrogen (secondary N) is 1. The first-order valence-electron chi connectivity index (χ1n) is 8.91. The molecule has 2 amide bonds. The van der Waals surface area contributed by atoms with Gasteiger partial charge in [0.2, 0.25) is 11.8 Å². The molecule has 1 fully saturated rings. The van der Waals surface area contributed by atoms with Crippen molar-refractivity contribution in [2.24, 2.45) is 5.92 Å². The summed E-state index contributed by atoms with van der Waals surface area (Å²) in [6.45, 7) is 1.18. The molecule has 0 bridgehead atoms. The number of nitrogens with zero attached hydrogens (tertiary/aromatic N) is 1. The highest BCUT2D eigenvalue weighted by molar-refractivity contribution is 5.95. The van der Waals surface area contributed by atoms with Gasteiger partial charge in [0.25, 0.3) is 0 Å². The molecule has 1 unspecified atom stereocenters. The minimum Gasteiger partial charge on any atom is -0.496 e. The molecular formula is C21H24N2O3. The SMILES string of the molecule is COc1ccccc1CCC(=O)NCC1CC(=O)N(c2ccccc2)C1. The predicted molar refractivity (Wildman–Crippen MR) is 101 cm³/mol. The maximum atomic E-state index is 12.2. The van der Waals surface area contributed by atoms with E-state index in [4.69, 9.17) is 4.74 Å². The van der Waals surface area contributed by atoms with Crippen LogP contribution in [-0.4, -0.2) is 32.0 Å². The van der Waals surface area contributed by atoms with Gasteiger partial charge >= 0.3 is 0 Å². The van der Waals surface area contributed by atoms with Gasteiger partial charge in [-0.25, -0.2) is 0 Å². The van der Waals surface area contributed by atoms with E-state index in [-0.39, 0.29) is 17.7 Å². The number of aryl methyl sites for hydroxylation is 1. The second-order valence-corrected chi connectivity index (χ2v) is 6.53. The zero-order valence-corrected chi connectivity index (χ0v) is 15.0. The summed E-state index contributed by atoms with van der Waals surface area (Å²) < 4.78 is 5.31. The minimum absolute atomic E-state index is 0.00140. The third kappa shape index (κ3) is 4.42. The molecule has 0 radical (unpaired) electrons. The lowest BCUT2D eigenvalue weighted by Crippen LogP contribution is -2.31. The van der Waals surface area contributed by atoms with Crippen molar-refractivity contribution in [1.82, 2.24) is 5.32 Å². The van der Waals surface area contributed by atoms with Gasteiger partial charge in [-0.05, 0) is 30.2 Å². The van der Waals surface area contributed by atoms with Crippen molar-refractivity contribution < 1.29 is 14.3 Å². The fourth-order valence-electron chi connectivity index (χ4n) is 3.28. The van der Waals surface area contributed by atoms with Crippen LogP contribution in [0.25, 0.3) is 0 Å². The van der Waals surface area contributed by atoms with Crippen LogP contribution in [-0.2, 0) is 16.0 Å². The highest BCUT2D eigenvalue weighted by Crippen LogP contribution is 2.24. The average molecular weight is 352 g/mol. The molecule has 1 heterocycles. The monoisotopic (exact) mass is 352 g/mol. The van der Waals surface area contributed by atoms with Crippen LogP contribution in [0, 0.1) is 5.92 Å². The van der Waals surface area contributed by atoms with E-state index in [1.165, 1.54) is 0 Å². The standard InChI is InChI=1S/C21H24N2O3/c1-26-19-10-6-5-7-17(19)11-12-20(24)22-14-16-13-21(25)23(15-16)18-8-3-2-4-9-18/h2-10,16H,11-15H2,1H3,(H,22,24). The summed E-state index contributed by atoms with van der Waals surface area (Å²) >= 11 is 0. The third-order valence-corrected chi connectivity index (χ3v) is 4.67. The second-order valence-electron chi connectivity index (χ2n) is 6.53. The molecule has 1 saturated heterocycles. The number of benzene rings is 2. The summed E-state index contributed by atoms with van der Waals surface area (Å²) in [4.78, 5) is 26.2. The van der Waals surface area contributed by atoms with Crippen molar-refractivity contribution in [3.63, 3.8) is 0 Å². The van der Waals surface area contributed by atoms with Crippen molar-refractivity contribution in [2.45, 2.75) is 19.3 Å². The van der Waals surface area contributed by atoms with E-state index < -0.39 is 0 Å². The van der Waals surface area contributed by atoms with Gasteiger partial charge in [-0.3, -0.25) is 9.59 Å². The summed E-state index contributed by atoms with van der Waals surface area (Å²) in [7, 11) is 1.63. The van der Waals surface area contributed by atoms with E-state index in [1.807, 2.05) is 54.6 Å². The van der Waals surface area contributed by atoms with Crippen LogP contribution in [0.1, 0.15) is 18.4 Å². The quantitative estimate of drug-likeness (QED) is 0.834. The van der Waals surface area contributed by atoms with Gasteiger partial charge in [-0.15, -0.1) is 0 Å². The van der Waals surface area contributed by atoms with Crippen LogP contribution in [0.3, 0.4) is 0 Å². The van der Waals surface area contributed by atoms with Crippen LogP contribution < -0.4 is 15.0 Å². The Kier molecular flexibility index (Phi) is 5.89. The molecule has 0 aliphatic carbocycles. The Labute approximate surface area is 154 Å². The topological polar surface area (TPSA) is 58.6 Å². The van der Waals surface area contributed by atoms with Gasteiger partial charge < -0.3 is 15.0 Å². The lowest BCUT2D eigenvalue weighted by molar-refractivity contribution is -0.121. The maximum Gasteiger partial charge on any atom is 0.227 e. The van der Waals surface area contributed by atoms with Gasteiger partial charge in [-0.1, -0.05) is 36.4 Å². The molecule has 1 aliphatic rings. The summed E-state index contributed by atoms with van der Waals surface area (Å²) in [6.07, 6.45) is 1.51. The Morgan fingerprint density at radius 1 is 1.15 bits per heavy atom. The van der Waals surface area contributed by atoms with E-state index in [0.29, 0.717) is 32.4 Å². The van der Waals surface area contributed by atoms with E-state index >= 15 is 0 Å². The molecule has 3 rings (SSSR count). The van der Waals surface area contributed by atoms with E-state index in [2.05, 4.69) is 5.32 Å². The summed E-state index contributed by atoms with van der Waals surface area (Å²) in [6, 6.07) is 17.4. The number of anilines is 1. The smallest absolute Gasteiger partial charge is 0.227 e. The molecule has 1 aliphatic heterocycles. The normalized spacial score (nSPS) is 16.6. The van der Waals surface area contributed by atoms with E-state index in [9.17, 15) is 9.59 Å². The third-order valence-electron chi connectivity index (χ3n) is 4.67. The number of hydrogen-bond acceptors (Lipinski definition) is 3. The Balaban J connectivity index is 1.46. The number of para-hydroxylation sites is 2. The molecule has 1 atom stereocenters. The van der Waals surface area contributed by atoms with Crippen molar-refractivity contribution in [2.75, 3.05) is 25.1 Å². The van der Waals surface area contributed by atoms with Gasteiger partial charge in [0, 0.05) is 37.5 Å². The molecule has 2 aromatic rings. The molecule has 5 heteroatoms. The van der Waals surface area contributed by atoms with E-state index in [0.717, 1.165) is 17.0 Å². The lowest BCUT2D eigenvalue weighted by atomic mass is 10.1. The number of methoxy groups -OCH3 is 1. The van der Waals surface area contributed by atoms with Crippen LogP contribution >= 0.6 is 0 Å². The van der Waals surface area contributed by atoms with Gasteiger partial charge in [0.05, 0.1) is 7.11 Å². The molecule has 5 nitrogen and oxygen atoms in total. The number of ether oxygens (including phenoxy) is 1. The zero-order chi connectivity index (χ0) is 18.4. The number of rotatable bonds is 7. The highest BCUT2D eigenvalue weighted by atomic mass is 16.5. The number of amides is 2. The average Bonchev–Trinajstić information content (AvgIpc) is 3.06. The Morgan fingerprint density at radius 2 is 1.88 bits per heavy atom. The molecule has 26 heavy (non-hydrogen) atoms. The first-order chi connectivity index (χ1) is 12.7. The number of hydrogen-bond donors (Lipinski definition) is 1. The molecule has 136 valence electrons. The molecule has 0 spiro atoms. The Bertz CT molecular complexity index is 761. The van der Waals surface area contributed by atoms with Gasteiger partial charge in [0.1, 0.15) is 5.75 Å². The van der Waals surface area contributed by atoms with Crippen molar-refractivity contribution in [3.8, 4) is 5.75 Å². The molecule has 2 aromatic carbocycles. The van der Waals surface area contributed by atoms with Gasteiger partial charge in [0.15, 0.2) is 0 Å². The Morgan fingerprint density at radius 3 is 2.65 bits per heavy atom. The first-order valence-corrected chi connectivity index (χ1v) is 8.91. The molecule has 1 N–H and O–H groups in total. The van der Waals surface area contributed by atoms with E-state index in [1.54, 1.807) is 12.0 Å². The lowest BCUT2D eigenvalue weighted by Gasteiger charge is -2.17. The van der Waals surface area contributed by atoms with Crippen LogP contribution in [0.5, 0.6) is 5.75 Å². The van der Waals surface area contributed by atoms with Crippen LogP contribution in [0.15, 0.2) is 54.6 Å². The number of carbonyl (C=O) groups is 2. The predicted octanol–water partition coefficient (Wildman–Crippen LogP) is 2.80. The number of carbonyl (C=O) groups excluding carboxylic acids is 2. The van der Waals surface area contributed by atoms with Crippen molar-refractivity contribution in [1.29, 1.82) is 0 Å². The fourth-order valence-corrected chi connectivity index (χ4v) is 3.28. The van der Waals surface area contributed by atoms with Crippen molar-refractivity contribution >= 4 is 17.5 Å². The van der Waals surface area contributed by atoms with Crippen LogP contribution in [0.4, 0.5) is 5.69 Å². The summed E-state index contributed by atoms with van der Waals surface area (Å²) in [5, 5.41) is 2.97. The van der Waals surface area contributed by atoms with Crippen molar-refractivity contribution in [3.05, 3.63) is 60.2 Å². The molecule has 0 aromatic heterocycles. The van der Waals surface area contributed by atoms with Gasteiger partial charge in [-0.2, -0.15) is 0 Å². The fraction of sp³-hybridized carbons (Fsp3) is 0.333. The zero-order valence-electron chi connectivity index (χ0n) is 15.0. The Hall–Kier alpha value is -2.82. The van der Waals surface area contributed by atoms with Crippen LogP contribution in [0.2, 0.25) is 0 Å². The largest absolute Gasteiger partial charge is 0.496 e. The minimum atomic E-state index is 0.00140. The highest BCUT2D eigenvalue weighted by Gasteiger charge is 2.30. The second kappa shape index (κ2) is 8.52. The summed E-state index contributed by atoms with van der Waals surface area (Å²) in [5.41, 5.74) is 1.94.